The van der Waals surface area contributed by atoms with Gasteiger partial charge in [0.15, 0.2) is 6.10 Å². The number of aliphatic carboxylic acids is 1. The topological polar surface area (TPSA) is 59.4 Å². The zero-order chi connectivity index (χ0) is 23.4. The summed E-state index contributed by atoms with van der Waals surface area (Å²) in [7, 11) is 0. The molecule has 4 rings (SSSR count). The number of hydrogen-bond donors (Lipinski definition) is 1. The Kier molecular flexibility index (Phi) is 5.62. The summed E-state index contributed by atoms with van der Waals surface area (Å²) in [4.78, 5) is 18.9. The zero-order valence-corrected chi connectivity index (χ0v) is 19.7. The highest BCUT2D eigenvalue weighted by Gasteiger charge is 2.35. The van der Waals surface area contributed by atoms with Gasteiger partial charge in [0.05, 0.1) is 5.60 Å². The Hall–Kier alpha value is -2.38. The number of benzene rings is 1. The van der Waals surface area contributed by atoms with Crippen molar-refractivity contribution in [3.63, 3.8) is 0 Å². The van der Waals surface area contributed by atoms with Gasteiger partial charge in [-0.3, -0.25) is 0 Å². The van der Waals surface area contributed by atoms with Gasteiger partial charge in [0, 0.05) is 39.9 Å². The SMILES string of the molecule is Cc1cc2c(-c3ccc4c(c3)CCC(F)(F)C4)c([C@H](OC(C)(C)C)C(=O)O)c(C)nc2s1. The highest BCUT2D eigenvalue weighted by atomic mass is 32.1. The summed E-state index contributed by atoms with van der Waals surface area (Å²) in [6, 6.07) is 7.52. The van der Waals surface area contributed by atoms with Crippen molar-refractivity contribution in [1.29, 1.82) is 0 Å². The number of carbonyl (C=O) groups is 1. The van der Waals surface area contributed by atoms with Gasteiger partial charge in [0.1, 0.15) is 4.83 Å². The second kappa shape index (κ2) is 7.89. The van der Waals surface area contributed by atoms with Gasteiger partial charge < -0.3 is 9.84 Å². The number of alkyl halides is 2. The fourth-order valence-electron chi connectivity index (χ4n) is 4.39. The molecule has 0 saturated carbocycles. The van der Waals surface area contributed by atoms with Crippen LogP contribution in [0.15, 0.2) is 24.3 Å². The summed E-state index contributed by atoms with van der Waals surface area (Å²) in [6.07, 6.45) is -1.35. The van der Waals surface area contributed by atoms with E-state index in [-0.39, 0.29) is 12.8 Å². The number of nitrogens with zero attached hydrogens (tertiary/aromatic N) is 1. The second-order valence-corrected chi connectivity index (χ2v) is 10.8. The van der Waals surface area contributed by atoms with Gasteiger partial charge >= 0.3 is 5.97 Å². The number of rotatable bonds is 4. The lowest BCUT2D eigenvalue weighted by Gasteiger charge is -2.28. The Morgan fingerprint density at radius 3 is 2.59 bits per heavy atom. The normalized spacial score (nSPS) is 16.7. The van der Waals surface area contributed by atoms with Crippen molar-refractivity contribution in [1.82, 2.24) is 4.98 Å². The highest BCUT2D eigenvalue weighted by molar-refractivity contribution is 7.18. The van der Waals surface area contributed by atoms with Crippen LogP contribution in [0.2, 0.25) is 0 Å². The predicted molar refractivity (Wildman–Crippen MR) is 123 cm³/mol. The fourth-order valence-corrected chi connectivity index (χ4v) is 5.33. The van der Waals surface area contributed by atoms with E-state index < -0.39 is 23.6 Å². The number of halogens is 2. The molecule has 0 unspecified atom stereocenters. The largest absolute Gasteiger partial charge is 0.479 e. The fraction of sp³-hybridized carbons (Fsp3) is 0.440. The maximum Gasteiger partial charge on any atom is 0.337 e. The molecule has 0 saturated heterocycles. The van der Waals surface area contributed by atoms with E-state index >= 15 is 0 Å². The van der Waals surface area contributed by atoms with Crippen molar-refractivity contribution < 1.29 is 23.4 Å². The molecule has 0 bridgehead atoms. The van der Waals surface area contributed by atoms with Gasteiger partial charge in [0.2, 0.25) is 0 Å². The lowest BCUT2D eigenvalue weighted by Crippen LogP contribution is -2.28. The summed E-state index contributed by atoms with van der Waals surface area (Å²) in [5, 5.41) is 10.9. The molecule has 0 aliphatic heterocycles. The van der Waals surface area contributed by atoms with E-state index in [4.69, 9.17) is 9.72 Å². The Balaban J connectivity index is 1.97. The van der Waals surface area contributed by atoms with Gasteiger partial charge in [-0.1, -0.05) is 18.2 Å². The van der Waals surface area contributed by atoms with Gasteiger partial charge in [-0.05, 0) is 63.8 Å². The molecule has 4 nitrogen and oxygen atoms in total. The van der Waals surface area contributed by atoms with E-state index in [2.05, 4.69) is 0 Å². The molecule has 3 aromatic rings. The summed E-state index contributed by atoms with van der Waals surface area (Å²) in [6.45, 7) is 9.24. The molecule has 1 atom stereocenters. The van der Waals surface area contributed by atoms with Crippen molar-refractivity contribution in [3.05, 3.63) is 51.5 Å². The van der Waals surface area contributed by atoms with Crippen LogP contribution in [-0.2, 0) is 22.4 Å². The molecule has 2 aromatic heterocycles. The van der Waals surface area contributed by atoms with E-state index in [0.29, 0.717) is 23.2 Å². The van der Waals surface area contributed by atoms with Gasteiger partial charge in [0.25, 0.3) is 5.92 Å². The van der Waals surface area contributed by atoms with Crippen LogP contribution in [0, 0.1) is 13.8 Å². The molecule has 1 aliphatic rings. The van der Waals surface area contributed by atoms with E-state index in [9.17, 15) is 18.7 Å². The number of carboxylic acids is 1. The maximum absolute atomic E-state index is 13.9. The number of aromatic nitrogens is 1. The van der Waals surface area contributed by atoms with Crippen molar-refractivity contribution in [2.75, 3.05) is 0 Å². The van der Waals surface area contributed by atoms with E-state index in [1.165, 1.54) is 0 Å². The lowest BCUT2D eigenvalue weighted by molar-refractivity contribution is -0.160. The van der Waals surface area contributed by atoms with Gasteiger partial charge in [-0.2, -0.15) is 0 Å². The summed E-state index contributed by atoms with van der Waals surface area (Å²) in [5.41, 5.74) is 3.52. The molecule has 170 valence electrons. The maximum atomic E-state index is 13.9. The lowest BCUT2D eigenvalue weighted by atomic mass is 9.85. The minimum atomic E-state index is -2.68. The average molecular weight is 460 g/mol. The first kappa shape index (κ1) is 22.8. The molecular formula is C25H27F2NO3S. The highest BCUT2D eigenvalue weighted by Crippen LogP contribution is 2.43. The van der Waals surface area contributed by atoms with Gasteiger partial charge in [-0.25, -0.2) is 18.6 Å². The van der Waals surface area contributed by atoms with Crippen LogP contribution >= 0.6 is 11.3 Å². The smallest absolute Gasteiger partial charge is 0.337 e. The third kappa shape index (κ3) is 4.41. The molecule has 1 aromatic carbocycles. The van der Waals surface area contributed by atoms with Crippen molar-refractivity contribution in [2.45, 2.75) is 71.5 Å². The molecule has 7 heteroatoms. The molecule has 1 N–H and O–H groups in total. The third-order valence-electron chi connectivity index (χ3n) is 5.70. The molecular weight excluding hydrogens is 432 g/mol. The van der Waals surface area contributed by atoms with E-state index in [1.807, 2.05) is 45.9 Å². The number of thiophene rings is 1. The third-order valence-corrected chi connectivity index (χ3v) is 6.64. The minimum absolute atomic E-state index is 0.177. The van der Waals surface area contributed by atoms with E-state index in [0.717, 1.165) is 31.8 Å². The quantitative estimate of drug-likeness (QED) is 0.475. The molecule has 0 fully saturated rings. The molecule has 0 amide bonds. The molecule has 0 radical (unpaired) electrons. The molecule has 2 heterocycles. The Morgan fingerprint density at radius 1 is 1.22 bits per heavy atom. The van der Waals surface area contributed by atoms with Crippen molar-refractivity contribution in [3.8, 4) is 11.1 Å². The molecule has 0 spiro atoms. The van der Waals surface area contributed by atoms with Crippen molar-refractivity contribution in [2.24, 2.45) is 0 Å². The predicted octanol–water partition coefficient (Wildman–Crippen LogP) is 6.64. The second-order valence-electron chi connectivity index (χ2n) is 9.53. The Bertz CT molecular complexity index is 1210. The van der Waals surface area contributed by atoms with Crippen LogP contribution < -0.4 is 0 Å². The van der Waals surface area contributed by atoms with Crippen molar-refractivity contribution >= 4 is 27.5 Å². The standard InChI is InChI=1S/C25H27F2NO3S/c1-13-10-18-20(16-6-7-17-12-25(26,27)9-8-15(17)11-16)19(14(2)28-22(18)32-13)21(23(29)30)31-24(3,4)5/h6-7,10-11,21H,8-9,12H2,1-5H3,(H,29,30)/t21-/m0/s1. The summed E-state index contributed by atoms with van der Waals surface area (Å²) in [5.74, 6) is -3.77. The number of pyridine rings is 1. The van der Waals surface area contributed by atoms with Crippen LogP contribution in [0.5, 0.6) is 0 Å². The van der Waals surface area contributed by atoms with Crippen LogP contribution in [0.4, 0.5) is 8.78 Å². The van der Waals surface area contributed by atoms with Crippen LogP contribution in [0.3, 0.4) is 0 Å². The Labute approximate surface area is 190 Å². The van der Waals surface area contributed by atoms with Gasteiger partial charge in [-0.15, -0.1) is 11.3 Å². The minimum Gasteiger partial charge on any atom is -0.479 e. The molecule has 32 heavy (non-hydrogen) atoms. The zero-order valence-electron chi connectivity index (χ0n) is 18.9. The van der Waals surface area contributed by atoms with Crippen LogP contribution in [-0.4, -0.2) is 27.6 Å². The first-order chi connectivity index (χ1) is 14.8. The van der Waals surface area contributed by atoms with E-state index in [1.54, 1.807) is 24.3 Å². The number of hydrogen-bond acceptors (Lipinski definition) is 4. The molecule has 1 aliphatic carbocycles. The monoisotopic (exact) mass is 459 g/mol. The average Bonchev–Trinajstić information content (AvgIpc) is 3.03. The van der Waals surface area contributed by atoms with Crippen LogP contribution in [0.25, 0.3) is 21.3 Å². The first-order valence-electron chi connectivity index (χ1n) is 10.7. The summed E-state index contributed by atoms with van der Waals surface area (Å²) >= 11 is 1.55. The number of aryl methyl sites for hydroxylation is 3. The first-order valence-corrected chi connectivity index (χ1v) is 11.5. The van der Waals surface area contributed by atoms with Crippen LogP contribution in [0.1, 0.15) is 60.6 Å². The Morgan fingerprint density at radius 2 is 1.94 bits per heavy atom. The summed E-state index contributed by atoms with van der Waals surface area (Å²) < 4.78 is 33.8. The number of ether oxygens (including phenoxy) is 1. The number of carboxylic acid groups (broad SMARTS) is 1. The number of fused-ring (bicyclic) bond motifs is 2.